The number of esters is 1. The van der Waals surface area contributed by atoms with Crippen LogP contribution < -0.4 is 9.62 Å². The zero-order valence-electron chi connectivity index (χ0n) is 14.6. The Balaban J connectivity index is 2.21. The first-order chi connectivity index (χ1) is 12.2. The molecule has 9 nitrogen and oxygen atoms in total. The van der Waals surface area contributed by atoms with E-state index in [0.29, 0.717) is 5.76 Å². The first kappa shape index (κ1) is 19.4. The molecule has 0 radical (unpaired) electrons. The second kappa shape index (κ2) is 8.00. The zero-order valence-corrected chi connectivity index (χ0v) is 15.4. The summed E-state index contributed by atoms with van der Waals surface area (Å²) in [5.41, 5.74) is 0.395. The Morgan fingerprint density at radius 1 is 1.31 bits per heavy atom. The molecule has 1 N–H and O–H groups in total. The topological polar surface area (TPSA) is 119 Å². The number of sulfonamides is 1. The highest BCUT2D eigenvalue weighted by Gasteiger charge is 2.24. The third-order valence-electron chi connectivity index (χ3n) is 3.26. The molecule has 10 heteroatoms. The molecule has 0 spiro atoms. The fourth-order valence-corrected chi connectivity index (χ4v) is 2.92. The molecule has 1 heterocycles. The van der Waals surface area contributed by atoms with E-state index in [1.807, 2.05) is 0 Å². The van der Waals surface area contributed by atoms with E-state index < -0.39 is 28.4 Å². The lowest BCUT2D eigenvalue weighted by molar-refractivity contribution is -0.114. The molecule has 0 aliphatic heterocycles. The quantitative estimate of drug-likeness (QED) is 0.723. The summed E-state index contributed by atoms with van der Waals surface area (Å²) in [4.78, 5) is 24.3. The molecule has 0 atom stereocenters. The number of para-hydroxylation sites is 1. The minimum Gasteiger partial charge on any atom is -0.462 e. The molecule has 1 aromatic carbocycles. The Bertz CT molecular complexity index is 906. The summed E-state index contributed by atoms with van der Waals surface area (Å²) < 4.78 is 34.6. The summed E-state index contributed by atoms with van der Waals surface area (Å²) in [7, 11) is -3.77. The number of carbonyl (C=O) groups excluding carboxylic acids is 2. The molecule has 0 aliphatic carbocycles. The van der Waals surface area contributed by atoms with Gasteiger partial charge in [-0.25, -0.2) is 17.5 Å². The van der Waals surface area contributed by atoms with E-state index in [4.69, 9.17) is 9.26 Å². The Hall–Kier alpha value is -2.88. The highest BCUT2D eigenvalue weighted by molar-refractivity contribution is 7.92. The number of nitrogens with zero attached hydrogens (tertiary/aromatic N) is 2. The summed E-state index contributed by atoms with van der Waals surface area (Å²) in [6, 6.07) is 7.69. The van der Waals surface area contributed by atoms with Gasteiger partial charge in [0.25, 0.3) is 0 Å². The van der Waals surface area contributed by atoms with Crippen molar-refractivity contribution in [2.45, 2.75) is 13.8 Å². The van der Waals surface area contributed by atoms with Gasteiger partial charge in [0.1, 0.15) is 12.3 Å². The van der Waals surface area contributed by atoms with E-state index >= 15 is 0 Å². The monoisotopic (exact) mass is 381 g/mol. The number of hydrogen-bond donors (Lipinski definition) is 1. The van der Waals surface area contributed by atoms with E-state index in [0.717, 1.165) is 10.6 Å². The van der Waals surface area contributed by atoms with E-state index in [1.54, 1.807) is 26.0 Å². The van der Waals surface area contributed by atoms with Crippen LogP contribution in [0.4, 0.5) is 11.5 Å². The predicted molar refractivity (Wildman–Crippen MR) is 94.5 cm³/mol. The number of benzene rings is 1. The van der Waals surface area contributed by atoms with E-state index in [9.17, 15) is 18.0 Å². The van der Waals surface area contributed by atoms with Crippen molar-refractivity contribution in [2.75, 3.05) is 29.0 Å². The maximum Gasteiger partial charge on any atom is 0.340 e. The van der Waals surface area contributed by atoms with Gasteiger partial charge < -0.3 is 14.6 Å². The van der Waals surface area contributed by atoms with Gasteiger partial charge >= 0.3 is 5.97 Å². The molecule has 2 rings (SSSR count). The second-order valence-electron chi connectivity index (χ2n) is 5.38. The van der Waals surface area contributed by atoms with Gasteiger partial charge in [0, 0.05) is 6.07 Å². The molecule has 1 amide bonds. The average Bonchev–Trinajstić information content (AvgIpc) is 2.98. The molecule has 2 aromatic rings. The van der Waals surface area contributed by atoms with Crippen molar-refractivity contribution in [3.63, 3.8) is 0 Å². The van der Waals surface area contributed by atoms with E-state index in [2.05, 4.69) is 10.5 Å². The van der Waals surface area contributed by atoms with Gasteiger partial charge in [0.2, 0.25) is 15.9 Å². The smallest absolute Gasteiger partial charge is 0.340 e. The average molecular weight is 381 g/mol. The molecule has 0 aliphatic rings. The number of nitrogens with one attached hydrogen (secondary N) is 1. The number of anilines is 2. The number of amides is 1. The van der Waals surface area contributed by atoms with Crippen molar-refractivity contribution in [2.24, 2.45) is 0 Å². The molecule has 1 aromatic heterocycles. The molecular weight excluding hydrogens is 362 g/mol. The Labute approximate surface area is 151 Å². The summed E-state index contributed by atoms with van der Waals surface area (Å²) >= 11 is 0. The summed E-state index contributed by atoms with van der Waals surface area (Å²) in [6.07, 6.45) is 0.955. The number of aryl methyl sites for hydroxylation is 1. The summed E-state index contributed by atoms with van der Waals surface area (Å²) in [6.45, 7) is 2.94. The fraction of sp³-hybridized carbons (Fsp3) is 0.312. The minimum atomic E-state index is -3.77. The van der Waals surface area contributed by atoms with Crippen LogP contribution in [-0.4, -0.2) is 44.9 Å². The van der Waals surface area contributed by atoms with Gasteiger partial charge in [-0.1, -0.05) is 17.3 Å². The Morgan fingerprint density at radius 2 is 2.00 bits per heavy atom. The van der Waals surface area contributed by atoms with Crippen LogP contribution in [0.3, 0.4) is 0 Å². The van der Waals surface area contributed by atoms with Gasteiger partial charge in [0.05, 0.1) is 24.1 Å². The van der Waals surface area contributed by atoms with Gasteiger partial charge in [0.15, 0.2) is 5.82 Å². The number of carbonyl (C=O) groups is 2. The standard InChI is InChI=1S/C16H19N3O6S/c1-4-24-16(21)12-7-5-6-8-13(12)17-15(20)10-19(26(3,22)23)14-9-11(2)25-18-14/h5-9H,4,10H2,1-3H3,(H,17,20). The molecule has 0 saturated carbocycles. The lowest BCUT2D eigenvalue weighted by Gasteiger charge is -2.19. The lowest BCUT2D eigenvalue weighted by atomic mass is 10.2. The van der Waals surface area contributed by atoms with Crippen molar-refractivity contribution in [3.05, 3.63) is 41.7 Å². The van der Waals surface area contributed by atoms with Crippen molar-refractivity contribution >= 4 is 33.4 Å². The number of rotatable bonds is 7. The van der Waals surface area contributed by atoms with Crippen LogP contribution in [0.25, 0.3) is 0 Å². The summed E-state index contributed by atoms with van der Waals surface area (Å²) in [5, 5.41) is 6.16. The van der Waals surface area contributed by atoms with Crippen molar-refractivity contribution in [1.29, 1.82) is 0 Å². The third-order valence-corrected chi connectivity index (χ3v) is 4.37. The van der Waals surface area contributed by atoms with Gasteiger partial charge in [-0.05, 0) is 26.0 Å². The molecule has 0 bridgehead atoms. The molecule has 0 fully saturated rings. The largest absolute Gasteiger partial charge is 0.462 e. The predicted octanol–water partition coefficient (Wildman–Crippen LogP) is 1.56. The molecule has 0 unspecified atom stereocenters. The SMILES string of the molecule is CCOC(=O)c1ccccc1NC(=O)CN(c1cc(C)on1)S(C)(=O)=O. The number of ether oxygens (including phenoxy) is 1. The molecule has 0 saturated heterocycles. The zero-order chi connectivity index (χ0) is 19.3. The lowest BCUT2D eigenvalue weighted by Crippen LogP contribution is -2.37. The van der Waals surface area contributed by atoms with Crippen LogP contribution in [0.2, 0.25) is 0 Å². The number of hydrogen-bond acceptors (Lipinski definition) is 7. The van der Waals surface area contributed by atoms with Gasteiger partial charge in [-0.2, -0.15) is 0 Å². The Kier molecular flexibility index (Phi) is 5.98. The van der Waals surface area contributed by atoms with Crippen LogP contribution in [0.15, 0.2) is 34.9 Å². The molecular formula is C16H19N3O6S. The van der Waals surface area contributed by atoms with Crippen LogP contribution in [0.5, 0.6) is 0 Å². The van der Waals surface area contributed by atoms with Crippen LogP contribution >= 0.6 is 0 Å². The minimum absolute atomic E-state index is 0.00109. The van der Waals surface area contributed by atoms with E-state index in [1.165, 1.54) is 18.2 Å². The highest BCUT2D eigenvalue weighted by atomic mass is 32.2. The second-order valence-corrected chi connectivity index (χ2v) is 7.29. The maximum atomic E-state index is 12.4. The van der Waals surface area contributed by atoms with Crippen LogP contribution in [0, 0.1) is 6.92 Å². The van der Waals surface area contributed by atoms with Gasteiger partial charge in [-0.3, -0.25) is 4.79 Å². The highest BCUT2D eigenvalue weighted by Crippen LogP contribution is 2.19. The first-order valence-corrected chi connectivity index (χ1v) is 9.54. The fourth-order valence-electron chi connectivity index (χ4n) is 2.14. The Morgan fingerprint density at radius 3 is 2.58 bits per heavy atom. The third kappa shape index (κ3) is 4.82. The first-order valence-electron chi connectivity index (χ1n) is 7.69. The summed E-state index contributed by atoms with van der Waals surface area (Å²) in [5.74, 6) is -0.830. The van der Waals surface area contributed by atoms with Crippen LogP contribution in [0.1, 0.15) is 23.0 Å². The van der Waals surface area contributed by atoms with Crippen LogP contribution in [-0.2, 0) is 19.6 Å². The van der Waals surface area contributed by atoms with Gasteiger partial charge in [-0.15, -0.1) is 0 Å². The molecule has 140 valence electrons. The van der Waals surface area contributed by atoms with Crippen molar-refractivity contribution in [1.82, 2.24) is 5.16 Å². The molecule has 26 heavy (non-hydrogen) atoms. The van der Waals surface area contributed by atoms with Crippen molar-refractivity contribution in [3.8, 4) is 0 Å². The van der Waals surface area contributed by atoms with Crippen molar-refractivity contribution < 1.29 is 27.3 Å². The van der Waals surface area contributed by atoms with E-state index in [-0.39, 0.29) is 23.7 Å². The number of aromatic nitrogens is 1. The normalized spacial score (nSPS) is 11.0. The maximum absolute atomic E-state index is 12.4.